The lowest BCUT2D eigenvalue weighted by Gasteiger charge is -2.16. The minimum absolute atomic E-state index is 0.0120. The molecule has 2 N–H and O–H groups in total. The number of carbonyl (C=O) groups is 2. The van der Waals surface area contributed by atoms with Crippen molar-refractivity contribution in [2.24, 2.45) is 11.7 Å². The number of hydrogen-bond acceptors (Lipinski definition) is 4. The maximum Gasteiger partial charge on any atom is 0.253 e. The number of aromatic nitrogens is 1. The first-order chi connectivity index (χ1) is 11.0. The lowest BCUT2D eigenvalue weighted by molar-refractivity contribution is -0.118. The fourth-order valence-electron chi connectivity index (χ4n) is 2.93. The summed E-state index contributed by atoms with van der Waals surface area (Å²) < 4.78 is 0. The molecule has 1 atom stereocenters. The lowest BCUT2D eigenvalue weighted by Crippen LogP contribution is -2.29. The van der Waals surface area contributed by atoms with Crippen LogP contribution < -0.4 is 5.73 Å². The van der Waals surface area contributed by atoms with E-state index in [-0.39, 0.29) is 17.7 Å². The van der Waals surface area contributed by atoms with Gasteiger partial charge in [0.15, 0.2) is 0 Å². The number of benzene rings is 1. The molecule has 1 saturated heterocycles. The van der Waals surface area contributed by atoms with Gasteiger partial charge in [-0.25, -0.2) is 4.98 Å². The van der Waals surface area contributed by atoms with E-state index in [0.717, 1.165) is 22.7 Å². The van der Waals surface area contributed by atoms with Crippen LogP contribution in [0.25, 0.3) is 11.3 Å². The fraction of sp³-hybridized carbons (Fsp3) is 0.353. The first-order valence-corrected chi connectivity index (χ1v) is 8.51. The second-order valence-electron chi connectivity index (χ2n) is 5.91. The Morgan fingerprint density at radius 2 is 2.09 bits per heavy atom. The minimum Gasteiger partial charge on any atom is -0.370 e. The van der Waals surface area contributed by atoms with Gasteiger partial charge in [-0.1, -0.05) is 12.1 Å². The van der Waals surface area contributed by atoms with Crippen LogP contribution in [-0.2, 0) is 4.79 Å². The van der Waals surface area contributed by atoms with Crippen LogP contribution in [0.3, 0.4) is 0 Å². The van der Waals surface area contributed by atoms with Crippen molar-refractivity contribution in [2.45, 2.75) is 19.8 Å². The van der Waals surface area contributed by atoms with Gasteiger partial charge in [-0.05, 0) is 31.4 Å². The molecule has 0 aliphatic carbocycles. The lowest BCUT2D eigenvalue weighted by atomic mass is 10.1. The van der Waals surface area contributed by atoms with Crippen molar-refractivity contribution in [1.82, 2.24) is 9.88 Å². The molecule has 1 unspecified atom stereocenters. The number of nitrogens with zero attached hydrogens (tertiary/aromatic N) is 2. The number of likely N-dealkylation sites (tertiary alicyclic amines) is 1. The summed E-state index contributed by atoms with van der Waals surface area (Å²) in [5.41, 5.74) is 7.85. The normalized spacial score (nSPS) is 17.4. The van der Waals surface area contributed by atoms with E-state index >= 15 is 0 Å². The molecule has 0 bridgehead atoms. The number of nitrogens with two attached hydrogens (primary N) is 1. The van der Waals surface area contributed by atoms with Crippen LogP contribution in [0.1, 0.15) is 28.2 Å². The summed E-state index contributed by atoms with van der Waals surface area (Å²) in [6.45, 7) is 3.26. The van der Waals surface area contributed by atoms with Gasteiger partial charge in [0.2, 0.25) is 5.91 Å². The first-order valence-electron chi connectivity index (χ1n) is 7.63. The van der Waals surface area contributed by atoms with Crippen molar-refractivity contribution in [3.05, 3.63) is 40.2 Å². The number of carbonyl (C=O) groups excluding carboxylic acids is 2. The van der Waals surface area contributed by atoms with Crippen LogP contribution in [0.2, 0.25) is 0 Å². The maximum absolute atomic E-state index is 12.5. The van der Waals surface area contributed by atoms with Crippen molar-refractivity contribution < 1.29 is 9.59 Å². The van der Waals surface area contributed by atoms with Crippen LogP contribution in [0.15, 0.2) is 29.6 Å². The van der Waals surface area contributed by atoms with Gasteiger partial charge in [-0.15, -0.1) is 11.3 Å². The van der Waals surface area contributed by atoms with Crippen molar-refractivity contribution >= 4 is 23.2 Å². The van der Waals surface area contributed by atoms with Crippen LogP contribution in [0.4, 0.5) is 0 Å². The third kappa shape index (κ3) is 3.59. The van der Waals surface area contributed by atoms with E-state index in [1.54, 1.807) is 16.2 Å². The Balaban J connectivity index is 1.67. The minimum atomic E-state index is -0.299. The molecule has 3 rings (SSSR count). The molecule has 1 fully saturated rings. The van der Waals surface area contributed by atoms with Crippen molar-refractivity contribution in [3.63, 3.8) is 0 Å². The van der Waals surface area contributed by atoms with Crippen molar-refractivity contribution in [3.8, 4) is 11.3 Å². The van der Waals surface area contributed by atoms with Gasteiger partial charge in [-0.2, -0.15) is 0 Å². The van der Waals surface area contributed by atoms with Crippen LogP contribution in [0, 0.1) is 12.8 Å². The summed E-state index contributed by atoms with van der Waals surface area (Å²) in [6.07, 6.45) is 1.19. The average molecular weight is 329 g/mol. The Morgan fingerprint density at radius 1 is 1.35 bits per heavy atom. The molecular formula is C17H19N3O2S. The Kier molecular flexibility index (Phi) is 4.43. The molecule has 0 radical (unpaired) electrons. The maximum atomic E-state index is 12.5. The van der Waals surface area contributed by atoms with E-state index in [1.807, 2.05) is 36.6 Å². The molecule has 120 valence electrons. The second-order valence-corrected chi connectivity index (χ2v) is 6.97. The SMILES string of the molecule is Cc1nc(-c2ccc(C(=O)N3CCC(CC(N)=O)C3)cc2)cs1. The molecule has 2 aromatic rings. The van der Waals surface area contributed by atoms with Gasteiger partial charge in [0.05, 0.1) is 10.7 Å². The largest absolute Gasteiger partial charge is 0.370 e. The summed E-state index contributed by atoms with van der Waals surface area (Å²) >= 11 is 1.61. The van der Waals surface area contributed by atoms with Gasteiger partial charge < -0.3 is 10.6 Å². The number of thiazole rings is 1. The number of rotatable bonds is 4. The van der Waals surface area contributed by atoms with E-state index in [2.05, 4.69) is 4.98 Å². The standard InChI is InChI=1S/C17H19N3O2S/c1-11-19-15(10-23-11)13-2-4-14(5-3-13)17(22)20-7-6-12(9-20)8-16(18)21/h2-5,10,12H,6-9H2,1H3,(H2,18,21). The summed E-state index contributed by atoms with van der Waals surface area (Å²) in [5.74, 6) is -0.0982. The van der Waals surface area contributed by atoms with E-state index in [0.29, 0.717) is 25.1 Å². The predicted octanol–water partition coefficient (Wildman–Crippen LogP) is 2.46. The van der Waals surface area contributed by atoms with Gasteiger partial charge in [0.25, 0.3) is 5.91 Å². The highest BCUT2D eigenvalue weighted by Crippen LogP contribution is 2.24. The molecule has 1 aliphatic rings. The molecule has 23 heavy (non-hydrogen) atoms. The fourth-order valence-corrected chi connectivity index (χ4v) is 3.55. The Hall–Kier alpha value is -2.21. The quantitative estimate of drug-likeness (QED) is 0.936. The zero-order valence-corrected chi connectivity index (χ0v) is 13.8. The zero-order chi connectivity index (χ0) is 16.4. The molecule has 0 saturated carbocycles. The number of aryl methyl sites for hydroxylation is 1. The van der Waals surface area contributed by atoms with Crippen molar-refractivity contribution in [2.75, 3.05) is 13.1 Å². The second kappa shape index (κ2) is 6.50. The smallest absolute Gasteiger partial charge is 0.253 e. The van der Waals surface area contributed by atoms with Crippen LogP contribution in [-0.4, -0.2) is 34.8 Å². The topological polar surface area (TPSA) is 76.3 Å². The number of amides is 2. The first kappa shape index (κ1) is 15.7. The summed E-state index contributed by atoms with van der Waals surface area (Å²) in [7, 11) is 0. The number of hydrogen-bond donors (Lipinski definition) is 1. The van der Waals surface area contributed by atoms with E-state index in [1.165, 1.54) is 0 Å². The van der Waals surface area contributed by atoms with Crippen LogP contribution >= 0.6 is 11.3 Å². The molecule has 2 amide bonds. The highest BCUT2D eigenvalue weighted by molar-refractivity contribution is 7.09. The van der Waals surface area contributed by atoms with Gasteiger partial charge in [0, 0.05) is 36.0 Å². The molecule has 6 heteroatoms. The zero-order valence-electron chi connectivity index (χ0n) is 13.0. The molecule has 1 aliphatic heterocycles. The summed E-state index contributed by atoms with van der Waals surface area (Å²) in [5, 5.41) is 3.04. The molecule has 5 nitrogen and oxygen atoms in total. The molecule has 0 spiro atoms. The van der Waals surface area contributed by atoms with Gasteiger partial charge in [-0.3, -0.25) is 9.59 Å². The third-order valence-electron chi connectivity index (χ3n) is 4.11. The van der Waals surface area contributed by atoms with Crippen molar-refractivity contribution in [1.29, 1.82) is 0 Å². The number of primary amides is 1. The predicted molar refractivity (Wildman–Crippen MR) is 90.1 cm³/mol. The Bertz CT molecular complexity index is 724. The Morgan fingerprint density at radius 3 is 2.70 bits per heavy atom. The summed E-state index contributed by atoms with van der Waals surface area (Å²) in [4.78, 5) is 29.8. The molecule has 1 aromatic carbocycles. The van der Waals surface area contributed by atoms with E-state index < -0.39 is 0 Å². The summed E-state index contributed by atoms with van der Waals surface area (Å²) in [6, 6.07) is 7.54. The van der Waals surface area contributed by atoms with E-state index in [4.69, 9.17) is 5.73 Å². The highest BCUT2D eigenvalue weighted by Gasteiger charge is 2.27. The van der Waals surface area contributed by atoms with E-state index in [9.17, 15) is 9.59 Å². The molecular weight excluding hydrogens is 310 g/mol. The molecule has 2 heterocycles. The Labute approximate surface area is 139 Å². The monoisotopic (exact) mass is 329 g/mol. The highest BCUT2D eigenvalue weighted by atomic mass is 32.1. The molecule has 1 aromatic heterocycles. The average Bonchev–Trinajstić information content (AvgIpc) is 3.15. The van der Waals surface area contributed by atoms with Gasteiger partial charge in [0.1, 0.15) is 0 Å². The van der Waals surface area contributed by atoms with Crippen LogP contribution in [0.5, 0.6) is 0 Å². The third-order valence-corrected chi connectivity index (χ3v) is 4.88. The van der Waals surface area contributed by atoms with Gasteiger partial charge >= 0.3 is 0 Å².